The SMILES string of the molecule is COc1ccc(N=C2S/C(=C\c3ccc(C(F)(F)F)cc3)C(=O)N2CCN(C(C)C)C(C)C)cc1.[Cl-]. The topological polar surface area (TPSA) is 45.1 Å². The van der Waals surface area contributed by atoms with Crippen molar-refractivity contribution in [1.82, 2.24) is 9.80 Å². The normalized spacial score (nSPS) is 16.5. The summed E-state index contributed by atoms with van der Waals surface area (Å²) < 4.78 is 43.9. The second-order valence-corrected chi connectivity index (χ2v) is 9.71. The van der Waals surface area contributed by atoms with E-state index in [1.165, 1.54) is 23.9 Å². The largest absolute Gasteiger partial charge is 1.00 e. The van der Waals surface area contributed by atoms with E-state index in [0.29, 0.717) is 52.2 Å². The number of alkyl halides is 3. The van der Waals surface area contributed by atoms with Crippen LogP contribution in [0, 0.1) is 0 Å². The summed E-state index contributed by atoms with van der Waals surface area (Å²) in [5, 5.41) is 0.533. The molecular weight excluding hydrogens is 511 g/mol. The molecule has 0 unspecified atom stereocenters. The molecule has 0 radical (unpaired) electrons. The lowest BCUT2D eigenvalue weighted by Crippen LogP contribution is -3.00. The maximum Gasteiger partial charge on any atom is 0.416 e. The number of nitrogens with zero attached hydrogens (tertiary/aromatic N) is 3. The molecule has 0 saturated carbocycles. The number of hydrogen-bond acceptors (Lipinski definition) is 5. The van der Waals surface area contributed by atoms with Crippen LogP contribution in [0.15, 0.2) is 58.4 Å². The monoisotopic (exact) mass is 540 g/mol. The van der Waals surface area contributed by atoms with E-state index in [2.05, 4.69) is 32.6 Å². The molecule has 0 spiro atoms. The van der Waals surface area contributed by atoms with Crippen molar-refractivity contribution in [3.05, 3.63) is 64.6 Å². The third-order valence-electron chi connectivity index (χ3n) is 5.63. The number of amides is 1. The maximum absolute atomic E-state index is 13.3. The Labute approximate surface area is 220 Å². The quantitative estimate of drug-likeness (QED) is 0.481. The molecule has 0 aromatic heterocycles. The van der Waals surface area contributed by atoms with E-state index in [-0.39, 0.29) is 18.3 Å². The molecule has 36 heavy (non-hydrogen) atoms. The van der Waals surface area contributed by atoms with E-state index < -0.39 is 11.7 Å². The second-order valence-electron chi connectivity index (χ2n) is 8.70. The van der Waals surface area contributed by atoms with Crippen molar-refractivity contribution in [3.8, 4) is 5.75 Å². The van der Waals surface area contributed by atoms with E-state index in [0.717, 1.165) is 12.1 Å². The van der Waals surface area contributed by atoms with Crippen molar-refractivity contribution >= 4 is 34.6 Å². The lowest BCUT2D eigenvalue weighted by molar-refractivity contribution is -0.137. The minimum Gasteiger partial charge on any atom is -1.00 e. The first-order chi connectivity index (χ1) is 16.5. The molecule has 2 aromatic carbocycles. The predicted molar refractivity (Wildman–Crippen MR) is 136 cm³/mol. The van der Waals surface area contributed by atoms with Gasteiger partial charge in [-0.3, -0.25) is 14.6 Å². The zero-order valence-electron chi connectivity index (χ0n) is 20.8. The lowest BCUT2D eigenvalue weighted by atomic mass is 10.1. The van der Waals surface area contributed by atoms with E-state index in [1.54, 1.807) is 42.4 Å². The fourth-order valence-electron chi connectivity index (χ4n) is 3.80. The highest BCUT2D eigenvalue weighted by atomic mass is 35.5. The van der Waals surface area contributed by atoms with Crippen molar-refractivity contribution in [2.75, 3.05) is 20.2 Å². The van der Waals surface area contributed by atoms with Gasteiger partial charge in [-0.05, 0) is 87.5 Å². The van der Waals surface area contributed by atoms with Crippen LogP contribution < -0.4 is 17.1 Å². The summed E-state index contributed by atoms with van der Waals surface area (Å²) in [6, 6.07) is 12.6. The van der Waals surface area contributed by atoms with Crippen LogP contribution in [0.5, 0.6) is 5.75 Å². The summed E-state index contributed by atoms with van der Waals surface area (Å²) in [4.78, 5) is 22.4. The van der Waals surface area contributed by atoms with Gasteiger partial charge < -0.3 is 17.1 Å². The molecular formula is C26H30ClF3N3O2S-. The van der Waals surface area contributed by atoms with Gasteiger partial charge in [-0.1, -0.05) is 12.1 Å². The summed E-state index contributed by atoms with van der Waals surface area (Å²) >= 11 is 1.22. The molecule has 1 heterocycles. The Morgan fingerprint density at radius 2 is 1.61 bits per heavy atom. The van der Waals surface area contributed by atoms with Gasteiger partial charge >= 0.3 is 6.18 Å². The number of hydrogen-bond donors (Lipinski definition) is 0. The predicted octanol–water partition coefficient (Wildman–Crippen LogP) is 3.44. The van der Waals surface area contributed by atoms with Gasteiger partial charge in [0, 0.05) is 25.2 Å². The van der Waals surface area contributed by atoms with Gasteiger partial charge in [0.2, 0.25) is 0 Å². The average molecular weight is 541 g/mol. The number of carbonyl (C=O) groups excluding carboxylic acids is 1. The van der Waals surface area contributed by atoms with Gasteiger partial charge in [-0.15, -0.1) is 0 Å². The Hall–Kier alpha value is -2.49. The smallest absolute Gasteiger partial charge is 0.416 e. The summed E-state index contributed by atoms with van der Waals surface area (Å²) in [5.74, 6) is 0.489. The average Bonchev–Trinajstić information content (AvgIpc) is 3.08. The summed E-state index contributed by atoms with van der Waals surface area (Å²) in [5.41, 5.74) is 0.466. The molecule has 1 saturated heterocycles. The Kier molecular flexibility index (Phi) is 10.5. The minimum atomic E-state index is -4.41. The van der Waals surface area contributed by atoms with Crippen LogP contribution in [0.2, 0.25) is 0 Å². The zero-order valence-corrected chi connectivity index (χ0v) is 22.4. The molecule has 0 bridgehead atoms. The number of methoxy groups -OCH3 is 1. The molecule has 1 amide bonds. The van der Waals surface area contributed by atoms with Crippen LogP contribution in [-0.4, -0.2) is 53.2 Å². The second kappa shape index (κ2) is 12.7. The lowest BCUT2D eigenvalue weighted by Gasteiger charge is -2.31. The van der Waals surface area contributed by atoms with Crippen molar-refractivity contribution < 1.29 is 35.1 Å². The first-order valence-electron chi connectivity index (χ1n) is 11.4. The van der Waals surface area contributed by atoms with Gasteiger partial charge in [-0.25, -0.2) is 4.99 Å². The maximum atomic E-state index is 13.3. The van der Waals surface area contributed by atoms with Gasteiger partial charge in [0.05, 0.1) is 23.3 Å². The molecule has 5 nitrogen and oxygen atoms in total. The van der Waals surface area contributed by atoms with Crippen LogP contribution in [0.1, 0.15) is 38.8 Å². The summed E-state index contributed by atoms with van der Waals surface area (Å²) in [6.45, 7) is 9.57. The number of aliphatic imine (C=N–C) groups is 1. The van der Waals surface area contributed by atoms with Crippen molar-refractivity contribution in [1.29, 1.82) is 0 Å². The number of carbonyl (C=O) groups is 1. The number of halogens is 4. The van der Waals surface area contributed by atoms with Crippen LogP contribution >= 0.6 is 11.8 Å². The molecule has 0 atom stereocenters. The van der Waals surface area contributed by atoms with E-state index in [9.17, 15) is 18.0 Å². The highest BCUT2D eigenvalue weighted by Gasteiger charge is 2.34. The standard InChI is InChI=1S/C26H30F3N3O2S.ClH/c1-17(2)31(18(3)4)14-15-32-24(33)23(16-19-6-8-20(9-7-19)26(27,28)29)35-25(32)30-21-10-12-22(34-5)13-11-21;/h6-13,16-18H,14-15H2,1-5H3;1H/p-1/b23-16-,30-25?;. The highest BCUT2D eigenvalue weighted by Crippen LogP contribution is 2.35. The Balaban J connectivity index is 0.00000456. The highest BCUT2D eigenvalue weighted by molar-refractivity contribution is 8.18. The molecule has 1 fully saturated rings. The van der Waals surface area contributed by atoms with E-state index in [4.69, 9.17) is 9.73 Å². The van der Waals surface area contributed by atoms with Crippen molar-refractivity contribution in [3.63, 3.8) is 0 Å². The molecule has 0 aliphatic carbocycles. The van der Waals surface area contributed by atoms with Crippen molar-refractivity contribution in [2.24, 2.45) is 4.99 Å². The molecule has 196 valence electrons. The Morgan fingerprint density at radius 3 is 2.11 bits per heavy atom. The van der Waals surface area contributed by atoms with Gasteiger partial charge in [0.1, 0.15) is 5.75 Å². The molecule has 3 rings (SSSR count). The van der Waals surface area contributed by atoms with Crippen molar-refractivity contribution in [2.45, 2.75) is 46.0 Å². The third-order valence-corrected chi connectivity index (χ3v) is 6.64. The van der Waals surface area contributed by atoms with E-state index >= 15 is 0 Å². The molecule has 10 heteroatoms. The van der Waals surface area contributed by atoms with Gasteiger partial charge in [-0.2, -0.15) is 13.2 Å². The van der Waals surface area contributed by atoms with Crippen LogP contribution in [0.3, 0.4) is 0 Å². The molecule has 2 aromatic rings. The molecule has 0 N–H and O–H groups in total. The van der Waals surface area contributed by atoms with Crippen LogP contribution in [-0.2, 0) is 11.0 Å². The Bertz CT molecular complexity index is 1080. The summed E-state index contributed by atoms with van der Waals surface area (Å²) in [7, 11) is 1.58. The summed E-state index contributed by atoms with van der Waals surface area (Å²) in [6.07, 6.45) is -2.79. The van der Waals surface area contributed by atoms with Gasteiger partial charge in [0.15, 0.2) is 5.17 Å². The minimum absolute atomic E-state index is 0. The molecule has 1 aliphatic heterocycles. The first kappa shape index (κ1) is 29.7. The number of amidine groups is 1. The number of benzene rings is 2. The molecule has 1 aliphatic rings. The fraction of sp³-hybridized carbons (Fsp3) is 0.385. The Morgan fingerprint density at radius 1 is 1.03 bits per heavy atom. The number of rotatable bonds is 8. The number of thioether (sulfide) groups is 1. The van der Waals surface area contributed by atoms with Crippen LogP contribution in [0.4, 0.5) is 18.9 Å². The number of ether oxygens (including phenoxy) is 1. The third kappa shape index (κ3) is 7.51. The van der Waals surface area contributed by atoms with E-state index in [1.807, 2.05) is 0 Å². The zero-order chi connectivity index (χ0) is 25.8. The fourth-order valence-corrected chi connectivity index (χ4v) is 4.83. The van der Waals surface area contributed by atoms with Crippen LogP contribution in [0.25, 0.3) is 6.08 Å². The van der Waals surface area contributed by atoms with Gasteiger partial charge in [0.25, 0.3) is 5.91 Å². The first-order valence-corrected chi connectivity index (χ1v) is 12.2.